The lowest BCUT2D eigenvalue weighted by Gasteiger charge is -2.29. The molecule has 0 aromatic heterocycles. The summed E-state index contributed by atoms with van der Waals surface area (Å²) in [6, 6.07) is -0.608. The maximum atomic E-state index is 12.7. The van der Waals surface area contributed by atoms with E-state index in [-0.39, 0.29) is 10.9 Å². The van der Waals surface area contributed by atoms with Crippen LogP contribution in [0.3, 0.4) is 0 Å². The van der Waals surface area contributed by atoms with Gasteiger partial charge in [-0.15, -0.1) is 0 Å². The molecule has 36 heavy (non-hydrogen) atoms. The highest BCUT2D eigenvalue weighted by Crippen LogP contribution is 2.52. The summed E-state index contributed by atoms with van der Waals surface area (Å²) in [6.07, 6.45) is 10.8. The average molecular weight is 524 g/mol. The van der Waals surface area contributed by atoms with Crippen molar-refractivity contribution in [2.75, 3.05) is 0 Å². The summed E-state index contributed by atoms with van der Waals surface area (Å²) in [5.74, 6) is -0.876. The number of ether oxygens (including phenoxy) is 4. The van der Waals surface area contributed by atoms with E-state index in [1.165, 1.54) is 45.6 Å². The quantitative estimate of drug-likeness (QED) is 0.140. The first-order valence-electron chi connectivity index (χ1n) is 12.8. The van der Waals surface area contributed by atoms with Crippen LogP contribution in [0.1, 0.15) is 73.1 Å². The fourth-order valence-corrected chi connectivity index (χ4v) is 5.33. The minimum absolute atomic E-state index is 0.280. The minimum Gasteiger partial charge on any atom is -0.454 e. The summed E-state index contributed by atoms with van der Waals surface area (Å²) in [5, 5.41) is 3.17. The van der Waals surface area contributed by atoms with Gasteiger partial charge in [-0.25, -0.2) is 0 Å². The minimum atomic E-state index is -1.00. The van der Waals surface area contributed by atoms with Crippen molar-refractivity contribution in [3.8, 4) is 0 Å². The van der Waals surface area contributed by atoms with Crippen LogP contribution < -0.4 is 5.32 Å². The number of allylic oxidation sites excluding steroid dienone is 3. The number of rotatable bonds is 11. The summed E-state index contributed by atoms with van der Waals surface area (Å²) in [4.78, 5) is 35.8. The molecule has 2 heterocycles. The number of amides is 1. The van der Waals surface area contributed by atoms with Crippen LogP contribution >= 0.6 is 11.6 Å². The number of hydrogen-bond donors (Lipinski definition) is 1. The zero-order chi connectivity index (χ0) is 26.5. The van der Waals surface area contributed by atoms with Crippen molar-refractivity contribution in [3.05, 3.63) is 34.9 Å². The van der Waals surface area contributed by atoms with Gasteiger partial charge >= 0.3 is 11.9 Å². The molecule has 1 spiro atoms. The maximum absolute atomic E-state index is 12.7. The molecular formula is C27H38ClNO7. The molecule has 9 heteroatoms. The summed E-state index contributed by atoms with van der Waals surface area (Å²) < 4.78 is 22.5. The number of nitrogens with one attached hydrogen (secondary N) is 1. The molecule has 7 atom stereocenters. The van der Waals surface area contributed by atoms with Crippen molar-refractivity contribution in [1.82, 2.24) is 5.32 Å². The van der Waals surface area contributed by atoms with Gasteiger partial charge in [0.05, 0.1) is 11.1 Å². The molecule has 0 bridgehead atoms. The first-order valence-corrected chi connectivity index (χ1v) is 13.2. The molecule has 8 nitrogen and oxygen atoms in total. The van der Waals surface area contributed by atoms with Gasteiger partial charge < -0.3 is 24.3 Å². The van der Waals surface area contributed by atoms with Gasteiger partial charge in [-0.05, 0) is 25.3 Å². The van der Waals surface area contributed by atoms with Gasteiger partial charge in [-0.3, -0.25) is 14.4 Å². The Morgan fingerprint density at radius 2 is 1.89 bits per heavy atom. The third-order valence-corrected chi connectivity index (χ3v) is 6.95. The molecule has 2 fully saturated rings. The number of carbonyl (C=O) groups excluding carboxylic acids is 3. The molecular weight excluding hydrogens is 486 g/mol. The molecule has 0 saturated carbocycles. The van der Waals surface area contributed by atoms with Crippen molar-refractivity contribution in [2.45, 2.75) is 109 Å². The molecule has 3 rings (SSSR count). The number of hydrogen-bond acceptors (Lipinski definition) is 7. The average Bonchev–Trinajstić information content (AvgIpc) is 3.53. The lowest BCUT2D eigenvalue weighted by Crippen LogP contribution is -2.43. The van der Waals surface area contributed by atoms with Crippen molar-refractivity contribution < 1.29 is 33.3 Å². The lowest BCUT2D eigenvalue weighted by molar-refractivity contribution is -0.186. The molecule has 1 N–H and O–H groups in total. The highest BCUT2D eigenvalue weighted by Gasteiger charge is 2.67. The number of halogens is 1. The highest BCUT2D eigenvalue weighted by molar-refractivity contribution is 6.30. The Kier molecular flexibility index (Phi) is 9.78. The number of unbranched alkanes of at least 4 members (excludes halogenated alkanes) is 3. The van der Waals surface area contributed by atoms with Crippen molar-refractivity contribution >= 4 is 29.4 Å². The van der Waals surface area contributed by atoms with E-state index in [2.05, 4.69) is 25.2 Å². The first kappa shape index (κ1) is 28.4. The maximum Gasteiger partial charge on any atom is 0.305 e. The monoisotopic (exact) mass is 523 g/mol. The van der Waals surface area contributed by atoms with E-state index in [4.69, 9.17) is 30.5 Å². The largest absolute Gasteiger partial charge is 0.454 e. The number of esters is 2. The predicted molar refractivity (Wildman–Crippen MR) is 135 cm³/mol. The van der Waals surface area contributed by atoms with E-state index in [0.717, 1.165) is 12.0 Å². The second-order valence-corrected chi connectivity index (χ2v) is 10.5. The number of epoxide rings is 1. The Labute approximate surface area is 218 Å². The molecule has 2 aliphatic heterocycles. The standard InChI is InChI=1S/C27H38ClNO7/c1-6-7-8-9-10-16(2)13-17(3)11-12-22(32)29-21-15-27(36-26(21)34-19(5)31)14-20(28)23(33-18(4)30)24-25(27)35-24/h11-14,16,21,23-26H,6-10,15H2,1-5H3,(H,29,32)/b12-11+,17-13+/t16-,21+,23-,24-,25-,26+,27-/m1/s1. The van der Waals surface area contributed by atoms with E-state index in [1.54, 1.807) is 12.2 Å². The van der Waals surface area contributed by atoms with Gasteiger partial charge in [0.1, 0.15) is 17.8 Å². The van der Waals surface area contributed by atoms with Crippen LogP contribution in [0.2, 0.25) is 0 Å². The summed E-state index contributed by atoms with van der Waals surface area (Å²) in [7, 11) is 0. The van der Waals surface area contributed by atoms with E-state index in [9.17, 15) is 14.4 Å². The molecule has 2 saturated heterocycles. The molecule has 0 aromatic carbocycles. The molecule has 1 amide bonds. The predicted octanol–water partition coefficient (Wildman–Crippen LogP) is 4.46. The Morgan fingerprint density at radius 1 is 1.17 bits per heavy atom. The molecule has 0 unspecified atom stereocenters. The van der Waals surface area contributed by atoms with Crippen molar-refractivity contribution in [2.24, 2.45) is 5.92 Å². The van der Waals surface area contributed by atoms with Gasteiger partial charge in [-0.2, -0.15) is 0 Å². The van der Waals surface area contributed by atoms with E-state index >= 15 is 0 Å². The van der Waals surface area contributed by atoms with Gasteiger partial charge in [-0.1, -0.05) is 68.9 Å². The van der Waals surface area contributed by atoms with Crippen molar-refractivity contribution in [1.29, 1.82) is 0 Å². The van der Waals surface area contributed by atoms with Crippen LogP contribution in [0.15, 0.2) is 34.9 Å². The van der Waals surface area contributed by atoms with Crippen LogP contribution in [0.4, 0.5) is 0 Å². The smallest absolute Gasteiger partial charge is 0.305 e. The third-order valence-electron chi connectivity index (χ3n) is 6.62. The van der Waals surface area contributed by atoms with Crippen molar-refractivity contribution in [3.63, 3.8) is 0 Å². The Morgan fingerprint density at radius 3 is 2.56 bits per heavy atom. The SMILES string of the molecule is CCCCCC[C@@H](C)/C=C(C)/C=C/C(=O)N[C@H]1C[C@@]2(C=C(Cl)[C@@H](OC(C)=O)[C@H]3O[C@H]32)O[C@@H]1OC(C)=O. The van der Waals surface area contributed by atoms with Crippen LogP contribution in [0.5, 0.6) is 0 Å². The fraction of sp³-hybridized carbons (Fsp3) is 0.667. The molecule has 0 aromatic rings. The zero-order valence-electron chi connectivity index (χ0n) is 21.8. The molecule has 200 valence electrons. The summed E-state index contributed by atoms with van der Waals surface area (Å²) in [5.41, 5.74) is 0.0139. The van der Waals surface area contributed by atoms with Crippen LogP contribution in [0, 0.1) is 5.92 Å². The zero-order valence-corrected chi connectivity index (χ0v) is 22.5. The lowest BCUT2D eigenvalue weighted by atomic mass is 9.86. The van der Waals surface area contributed by atoms with Crippen LogP contribution in [-0.2, 0) is 33.3 Å². The van der Waals surface area contributed by atoms with E-state index < -0.39 is 48.2 Å². The van der Waals surface area contributed by atoms with E-state index in [0.29, 0.717) is 12.3 Å². The second kappa shape index (κ2) is 12.4. The Balaban J connectivity index is 1.63. The summed E-state index contributed by atoms with van der Waals surface area (Å²) in [6.45, 7) is 8.94. The second-order valence-electron chi connectivity index (χ2n) is 10.0. The van der Waals surface area contributed by atoms with E-state index in [1.807, 2.05) is 6.92 Å². The third kappa shape index (κ3) is 7.43. The fourth-order valence-electron chi connectivity index (χ4n) is 4.97. The first-order chi connectivity index (χ1) is 17.0. The Bertz CT molecular complexity index is 929. The van der Waals surface area contributed by atoms with Gasteiger partial charge in [0.2, 0.25) is 12.2 Å². The van der Waals surface area contributed by atoms with Gasteiger partial charge in [0, 0.05) is 26.3 Å². The Hall–Kier alpha value is -2.16. The number of fused-ring (bicyclic) bond motifs is 2. The van der Waals surface area contributed by atoms with Gasteiger partial charge in [0.25, 0.3) is 0 Å². The molecule has 0 radical (unpaired) electrons. The topological polar surface area (TPSA) is 103 Å². The highest BCUT2D eigenvalue weighted by atomic mass is 35.5. The normalized spacial score (nSPS) is 32.1. The van der Waals surface area contributed by atoms with Gasteiger partial charge in [0.15, 0.2) is 6.10 Å². The van der Waals surface area contributed by atoms with Crippen LogP contribution in [-0.4, -0.2) is 54.1 Å². The van der Waals surface area contributed by atoms with Crippen LogP contribution in [0.25, 0.3) is 0 Å². The summed E-state index contributed by atoms with van der Waals surface area (Å²) >= 11 is 6.41. The molecule has 1 aliphatic carbocycles. The molecule has 3 aliphatic rings. The number of carbonyl (C=O) groups is 3.